The molecule has 0 bridgehead atoms. The number of rotatable bonds is 8. The van der Waals surface area contributed by atoms with E-state index in [1.165, 1.54) is 51.6 Å². The highest BCUT2D eigenvalue weighted by Gasteiger charge is 2.41. The van der Waals surface area contributed by atoms with Gasteiger partial charge in [-0.2, -0.15) is 0 Å². The summed E-state index contributed by atoms with van der Waals surface area (Å²) in [5.41, 5.74) is 0.645. The average molecular weight is 283 g/mol. The van der Waals surface area contributed by atoms with Crippen LogP contribution in [0.4, 0.5) is 0 Å². The number of nitrogens with one attached hydrogen (secondary N) is 1. The van der Waals surface area contributed by atoms with Gasteiger partial charge in [-0.3, -0.25) is 4.90 Å². The van der Waals surface area contributed by atoms with Crippen molar-refractivity contribution in [1.82, 2.24) is 10.2 Å². The molecule has 0 aromatic heterocycles. The second-order valence-electron chi connectivity index (χ2n) is 7.47. The Labute approximate surface area is 127 Å². The molecule has 2 heteroatoms. The number of nitrogens with zero attached hydrogens (tertiary/aromatic N) is 1. The lowest BCUT2D eigenvalue weighted by Gasteiger charge is -2.53. The van der Waals surface area contributed by atoms with Crippen LogP contribution in [-0.4, -0.2) is 35.6 Å². The molecule has 0 radical (unpaired) electrons. The van der Waals surface area contributed by atoms with Gasteiger partial charge >= 0.3 is 0 Å². The van der Waals surface area contributed by atoms with Crippen molar-refractivity contribution in [3.05, 3.63) is 0 Å². The van der Waals surface area contributed by atoms with Crippen LogP contribution in [0.2, 0.25) is 0 Å². The molecule has 0 spiro atoms. The van der Waals surface area contributed by atoms with Gasteiger partial charge in [0.1, 0.15) is 0 Å². The largest absolute Gasteiger partial charge is 0.309 e. The molecule has 20 heavy (non-hydrogen) atoms. The molecule has 0 aromatic carbocycles. The maximum atomic E-state index is 3.77. The fraction of sp³-hybridized carbons (Fsp3) is 1.00. The molecule has 1 aliphatic heterocycles. The maximum absolute atomic E-state index is 3.77. The minimum atomic E-state index is 0.261. The molecule has 1 rings (SSSR count). The Kier molecular flexibility index (Phi) is 7.00. The molecule has 1 N–H and O–H groups in total. The number of hydrogen-bond acceptors (Lipinski definition) is 2. The Morgan fingerprint density at radius 1 is 1.10 bits per heavy atom. The van der Waals surface area contributed by atoms with Crippen molar-refractivity contribution in [2.24, 2.45) is 5.92 Å². The summed E-state index contributed by atoms with van der Waals surface area (Å²) in [6.07, 6.45) is 7.97. The summed E-state index contributed by atoms with van der Waals surface area (Å²) in [5, 5.41) is 3.77. The number of unbranched alkanes of at least 4 members (excludes halogenated alkanes) is 1. The van der Waals surface area contributed by atoms with Crippen molar-refractivity contribution in [1.29, 1.82) is 0 Å². The van der Waals surface area contributed by atoms with Gasteiger partial charge in [0, 0.05) is 30.7 Å². The molecule has 1 atom stereocenters. The van der Waals surface area contributed by atoms with Gasteiger partial charge in [0.05, 0.1) is 0 Å². The van der Waals surface area contributed by atoms with Crippen molar-refractivity contribution in [3.8, 4) is 0 Å². The summed E-state index contributed by atoms with van der Waals surface area (Å²) in [7, 11) is 0. The Hall–Kier alpha value is -0.0800. The first kappa shape index (κ1) is 18.0. The third kappa shape index (κ3) is 4.46. The van der Waals surface area contributed by atoms with Gasteiger partial charge in [0.2, 0.25) is 0 Å². The SMILES string of the molecule is CCCCC(CC)CN1CC(C)(C)NCC1(CC)CC. The van der Waals surface area contributed by atoms with Crippen molar-refractivity contribution in [3.63, 3.8) is 0 Å². The molecule has 1 saturated heterocycles. The average Bonchev–Trinajstić information content (AvgIpc) is 2.43. The monoisotopic (exact) mass is 282 g/mol. The van der Waals surface area contributed by atoms with Crippen molar-refractivity contribution in [2.75, 3.05) is 19.6 Å². The summed E-state index contributed by atoms with van der Waals surface area (Å²) in [6, 6.07) is 0. The van der Waals surface area contributed by atoms with E-state index in [1.54, 1.807) is 0 Å². The van der Waals surface area contributed by atoms with Crippen molar-refractivity contribution >= 4 is 0 Å². The fourth-order valence-electron chi connectivity index (χ4n) is 3.65. The first-order valence-corrected chi connectivity index (χ1v) is 8.93. The van der Waals surface area contributed by atoms with Gasteiger partial charge in [-0.15, -0.1) is 0 Å². The lowest BCUT2D eigenvalue weighted by molar-refractivity contribution is -0.00380. The van der Waals surface area contributed by atoms with Crippen LogP contribution in [0.1, 0.15) is 80.1 Å². The van der Waals surface area contributed by atoms with Crippen molar-refractivity contribution < 1.29 is 0 Å². The number of piperazine rings is 1. The van der Waals surface area contributed by atoms with E-state index in [-0.39, 0.29) is 5.54 Å². The second kappa shape index (κ2) is 7.79. The Morgan fingerprint density at radius 2 is 1.75 bits per heavy atom. The van der Waals surface area contributed by atoms with Crippen LogP contribution in [0.5, 0.6) is 0 Å². The van der Waals surface area contributed by atoms with Crippen LogP contribution < -0.4 is 5.32 Å². The van der Waals surface area contributed by atoms with Gasteiger partial charge in [-0.05, 0) is 39.0 Å². The van der Waals surface area contributed by atoms with Crippen LogP contribution in [0.25, 0.3) is 0 Å². The molecule has 1 heterocycles. The summed E-state index contributed by atoms with van der Waals surface area (Å²) >= 11 is 0. The molecule has 1 unspecified atom stereocenters. The smallest absolute Gasteiger partial charge is 0.0329 e. The molecule has 1 aliphatic rings. The predicted molar refractivity (Wildman–Crippen MR) is 90.3 cm³/mol. The van der Waals surface area contributed by atoms with Gasteiger partial charge in [-0.1, -0.05) is 47.0 Å². The van der Waals surface area contributed by atoms with E-state index in [0.717, 1.165) is 12.5 Å². The Balaban J connectivity index is 2.77. The minimum absolute atomic E-state index is 0.261. The first-order valence-electron chi connectivity index (χ1n) is 8.93. The predicted octanol–water partition coefficient (Wildman–Crippen LogP) is 4.45. The summed E-state index contributed by atoms with van der Waals surface area (Å²) in [6.45, 7) is 17.7. The van der Waals surface area contributed by atoms with Crippen LogP contribution in [-0.2, 0) is 0 Å². The zero-order valence-corrected chi connectivity index (χ0v) is 14.9. The van der Waals surface area contributed by atoms with E-state index >= 15 is 0 Å². The lowest BCUT2D eigenvalue weighted by atomic mass is 9.83. The maximum Gasteiger partial charge on any atom is 0.0329 e. The topological polar surface area (TPSA) is 15.3 Å². The Morgan fingerprint density at radius 3 is 2.25 bits per heavy atom. The van der Waals surface area contributed by atoms with Crippen LogP contribution in [0.15, 0.2) is 0 Å². The van der Waals surface area contributed by atoms with Crippen molar-refractivity contribution in [2.45, 2.75) is 91.1 Å². The van der Waals surface area contributed by atoms with E-state index in [1.807, 2.05) is 0 Å². The molecule has 0 saturated carbocycles. The van der Waals surface area contributed by atoms with Crippen LogP contribution in [0, 0.1) is 5.92 Å². The normalized spacial score (nSPS) is 23.7. The molecule has 0 aliphatic carbocycles. The van der Waals surface area contributed by atoms with Gasteiger partial charge in [0.25, 0.3) is 0 Å². The molecule has 2 nitrogen and oxygen atoms in total. The van der Waals surface area contributed by atoms with E-state index < -0.39 is 0 Å². The molecule has 0 aromatic rings. The third-order valence-corrected chi connectivity index (χ3v) is 5.49. The van der Waals surface area contributed by atoms with E-state index in [2.05, 4.69) is 51.8 Å². The second-order valence-corrected chi connectivity index (χ2v) is 7.47. The summed E-state index contributed by atoms with van der Waals surface area (Å²) < 4.78 is 0. The first-order chi connectivity index (χ1) is 9.43. The minimum Gasteiger partial charge on any atom is -0.309 e. The van der Waals surface area contributed by atoms with Gasteiger partial charge < -0.3 is 5.32 Å². The zero-order valence-electron chi connectivity index (χ0n) is 14.9. The molecular weight excluding hydrogens is 244 g/mol. The Bertz CT molecular complexity index is 269. The van der Waals surface area contributed by atoms with Crippen LogP contribution >= 0.6 is 0 Å². The van der Waals surface area contributed by atoms with Gasteiger partial charge in [-0.25, -0.2) is 0 Å². The summed E-state index contributed by atoms with van der Waals surface area (Å²) in [5.74, 6) is 0.876. The quantitative estimate of drug-likeness (QED) is 0.708. The van der Waals surface area contributed by atoms with Crippen LogP contribution in [0.3, 0.4) is 0 Å². The highest BCUT2D eigenvalue weighted by Crippen LogP contribution is 2.31. The van der Waals surface area contributed by atoms with E-state index in [4.69, 9.17) is 0 Å². The highest BCUT2D eigenvalue weighted by molar-refractivity contribution is 5.01. The molecule has 1 fully saturated rings. The molecule has 120 valence electrons. The fourth-order valence-corrected chi connectivity index (χ4v) is 3.65. The zero-order chi connectivity index (χ0) is 15.2. The third-order valence-electron chi connectivity index (χ3n) is 5.49. The highest BCUT2D eigenvalue weighted by atomic mass is 15.3. The van der Waals surface area contributed by atoms with E-state index in [9.17, 15) is 0 Å². The lowest BCUT2D eigenvalue weighted by Crippen LogP contribution is -2.68. The standard InChI is InChI=1S/C18H38N2/c1-7-11-12-16(8-2)13-20-15-17(5,6)19-14-18(20,9-3)10-4/h16,19H,7-15H2,1-6H3. The molecular formula is C18H38N2. The molecule has 0 amide bonds. The summed E-state index contributed by atoms with van der Waals surface area (Å²) in [4.78, 5) is 2.83. The number of hydrogen-bond donors (Lipinski definition) is 1. The van der Waals surface area contributed by atoms with Gasteiger partial charge in [0.15, 0.2) is 0 Å². The van der Waals surface area contributed by atoms with E-state index in [0.29, 0.717) is 5.54 Å².